The van der Waals surface area contributed by atoms with Gasteiger partial charge in [0.25, 0.3) is 15.9 Å². The first-order valence-corrected chi connectivity index (χ1v) is 12.7. The van der Waals surface area contributed by atoms with Crippen LogP contribution in [0, 0.1) is 12.7 Å². The molecule has 0 aliphatic rings. The lowest BCUT2D eigenvalue weighted by Crippen LogP contribution is -2.16. The summed E-state index contributed by atoms with van der Waals surface area (Å²) in [5, 5.41) is 11.5. The molecular weight excluding hydrogens is 521 g/mol. The average molecular weight is 540 g/mol. The maximum Gasteiger partial charge on any atom is 0.274 e. The average Bonchev–Trinajstić information content (AvgIpc) is 3.46. The van der Waals surface area contributed by atoms with E-state index in [1.54, 1.807) is 25.4 Å². The van der Waals surface area contributed by atoms with Crippen LogP contribution in [0.5, 0.6) is 0 Å². The number of hydrogen-bond donors (Lipinski definition) is 2. The zero-order chi connectivity index (χ0) is 26.3. The fourth-order valence-corrected chi connectivity index (χ4v) is 4.95. The molecule has 10 nitrogen and oxygen atoms in total. The lowest BCUT2D eigenvalue weighted by atomic mass is 10.2. The summed E-state index contributed by atoms with van der Waals surface area (Å²) in [6.07, 6.45) is 4.21. The molecule has 0 unspecified atom stereocenters. The molecule has 5 rings (SSSR count). The monoisotopic (exact) mass is 539 g/mol. The van der Waals surface area contributed by atoms with E-state index >= 15 is 0 Å². The number of carbonyl (C=O) groups excluding carboxylic acids is 1. The number of rotatable bonds is 6. The van der Waals surface area contributed by atoms with Crippen LogP contribution in [0.3, 0.4) is 0 Å². The van der Waals surface area contributed by atoms with Crippen LogP contribution in [0.2, 0.25) is 5.02 Å². The largest absolute Gasteiger partial charge is 0.321 e. The first-order valence-electron chi connectivity index (χ1n) is 10.8. The highest BCUT2D eigenvalue weighted by Crippen LogP contribution is 2.26. The Kier molecular flexibility index (Phi) is 6.13. The van der Waals surface area contributed by atoms with Crippen LogP contribution in [0.1, 0.15) is 16.1 Å². The number of carbonyl (C=O) groups is 1. The molecule has 188 valence electrons. The normalized spacial score (nSPS) is 11.6. The van der Waals surface area contributed by atoms with Crippen molar-refractivity contribution in [2.24, 2.45) is 7.05 Å². The van der Waals surface area contributed by atoms with Crippen LogP contribution < -0.4 is 10.0 Å². The maximum absolute atomic E-state index is 13.4. The van der Waals surface area contributed by atoms with Crippen molar-refractivity contribution in [1.29, 1.82) is 0 Å². The third-order valence-electron chi connectivity index (χ3n) is 5.55. The van der Waals surface area contributed by atoms with Crippen LogP contribution >= 0.6 is 11.6 Å². The number of nitrogens with zero attached hydrogens (tertiary/aromatic N) is 5. The Hall–Kier alpha value is -4.29. The molecule has 0 radical (unpaired) electrons. The third-order valence-corrected chi connectivity index (χ3v) is 7.17. The Morgan fingerprint density at radius 3 is 2.65 bits per heavy atom. The molecule has 0 aliphatic carbocycles. The number of aromatic nitrogens is 5. The smallest absolute Gasteiger partial charge is 0.274 e. The van der Waals surface area contributed by atoms with Gasteiger partial charge in [0.1, 0.15) is 16.4 Å². The molecule has 0 bridgehead atoms. The van der Waals surface area contributed by atoms with Crippen molar-refractivity contribution in [2.75, 3.05) is 10.0 Å². The summed E-state index contributed by atoms with van der Waals surface area (Å²) in [5.74, 6) is -0.564. The van der Waals surface area contributed by atoms with E-state index < -0.39 is 21.7 Å². The number of anilines is 2. The molecule has 5 aromatic rings. The van der Waals surface area contributed by atoms with Crippen molar-refractivity contribution in [3.63, 3.8) is 0 Å². The van der Waals surface area contributed by atoms with Gasteiger partial charge in [0.05, 0.1) is 28.6 Å². The molecule has 13 heteroatoms. The van der Waals surface area contributed by atoms with Gasteiger partial charge in [-0.3, -0.25) is 14.2 Å². The number of aryl methyl sites for hydroxylation is 2. The van der Waals surface area contributed by atoms with E-state index in [1.165, 1.54) is 46.0 Å². The number of hydrogen-bond acceptors (Lipinski definition) is 6. The summed E-state index contributed by atoms with van der Waals surface area (Å²) in [7, 11) is -2.38. The van der Waals surface area contributed by atoms with E-state index in [-0.39, 0.29) is 21.3 Å². The molecule has 0 fully saturated rings. The predicted molar refractivity (Wildman–Crippen MR) is 137 cm³/mol. The lowest BCUT2D eigenvalue weighted by Gasteiger charge is -2.08. The first kappa shape index (κ1) is 24.4. The van der Waals surface area contributed by atoms with Crippen LogP contribution in [0.4, 0.5) is 15.8 Å². The van der Waals surface area contributed by atoms with Gasteiger partial charge >= 0.3 is 0 Å². The number of fused-ring (bicyclic) bond motifs is 1. The number of sulfonamides is 1. The van der Waals surface area contributed by atoms with E-state index in [2.05, 4.69) is 25.2 Å². The van der Waals surface area contributed by atoms with Crippen LogP contribution in [-0.2, 0) is 17.1 Å². The minimum absolute atomic E-state index is 0.0447. The Morgan fingerprint density at radius 1 is 1.11 bits per heavy atom. The van der Waals surface area contributed by atoms with Crippen molar-refractivity contribution in [3.8, 4) is 5.82 Å². The van der Waals surface area contributed by atoms with Gasteiger partial charge in [-0.25, -0.2) is 22.5 Å². The minimum Gasteiger partial charge on any atom is -0.321 e. The molecule has 2 aromatic carbocycles. The standard InChI is InChI=1S/C24H19ClFN7O3S/c1-14-4-3-9-27-23(14)33-13-17(12-28-33)37(35,36)31-16-5-7-18-21(11-16)30-32(2)22(18)24(34)29-15-6-8-20(26)19(25)10-15/h3-13,31H,1-2H3,(H,29,34). The second-order valence-corrected chi connectivity index (χ2v) is 10.2. The fraction of sp³-hybridized carbons (Fsp3) is 0.0833. The molecule has 3 heterocycles. The highest BCUT2D eigenvalue weighted by molar-refractivity contribution is 7.92. The van der Waals surface area contributed by atoms with Crippen molar-refractivity contribution < 1.29 is 17.6 Å². The predicted octanol–water partition coefficient (Wildman–Crippen LogP) is 4.31. The van der Waals surface area contributed by atoms with Crippen molar-refractivity contribution in [3.05, 3.63) is 89.2 Å². The van der Waals surface area contributed by atoms with Crippen LogP contribution in [0.15, 0.2) is 72.0 Å². The van der Waals surface area contributed by atoms with E-state index in [1.807, 2.05) is 13.0 Å². The van der Waals surface area contributed by atoms with E-state index in [0.29, 0.717) is 22.4 Å². The van der Waals surface area contributed by atoms with Crippen molar-refractivity contribution in [1.82, 2.24) is 24.5 Å². The summed E-state index contributed by atoms with van der Waals surface area (Å²) < 4.78 is 44.7. The molecule has 0 saturated carbocycles. The minimum atomic E-state index is -3.97. The molecule has 37 heavy (non-hydrogen) atoms. The van der Waals surface area contributed by atoms with E-state index in [9.17, 15) is 17.6 Å². The van der Waals surface area contributed by atoms with Crippen molar-refractivity contribution in [2.45, 2.75) is 11.8 Å². The summed E-state index contributed by atoms with van der Waals surface area (Å²) in [6.45, 7) is 1.85. The summed E-state index contributed by atoms with van der Waals surface area (Å²) in [6, 6.07) is 12.1. The second kappa shape index (κ2) is 9.30. The van der Waals surface area contributed by atoms with Gasteiger partial charge in [-0.05, 0) is 55.0 Å². The first-order chi connectivity index (χ1) is 17.6. The van der Waals surface area contributed by atoms with Crippen LogP contribution in [-0.4, -0.2) is 38.9 Å². The number of amides is 1. The van der Waals surface area contributed by atoms with Crippen molar-refractivity contribution >= 4 is 49.8 Å². The SMILES string of the molecule is Cc1cccnc1-n1cc(S(=O)(=O)Nc2ccc3c(C(=O)Nc4ccc(F)c(Cl)c4)n(C)nc3c2)cn1. The zero-order valence-electron chi connectivity index (χ0n) is 19.5. The summed E-state index contributed by atoms with van der Waals surface area (Å²) in [4.78, 5) is 17.1. The molecule has 0 aliphatic heterocycles. The molecule has 1 amide bonds. The van der Waals surface area contributed by atoms with E-state index in [4.69, 9.17) is 11.6 Å². The Labute approximate surface area is 215 Å². The zero-order valence-corrected chi connectivity index (χ0v) is 21.0. The van der Waals surface area contributed by atoms with E-state index in [0.717, 1.165) is 11.6 Å². The highest BCUT2D eigenvalue weighted by atomic mass is 35.5. The highest BCUT2D eigenvalue weighted by Gasteiger charge is 2.21. The Bertz CT molecular complexity index is 1780. The van der Waals surface area contributed by atoms with Gasteiger partial charge in [0, 0.05) is 24.3 Å². The molecular formula is C24H19ClFN7O3S. The van der Waals surface area contributed by atoms with Gasteiger partial charge in [-0.15, -0.1) is 0 Å². The Balaban J connectivity index is 1.39. The molecule has 0 saturated heterocycles. The number of nitrogens with one attached hydrogen (secondary N) is 2. The number of pyridine rings is 1. The molecule has 0 atom stereocenters. The third kappa shape index (κ3) is 4.76. The van der Waals surface area contributed by atoms with Gasteiger partial charge in [-0.1, -0.05) is 17.7 Å². The quantitative estimate of drug-likeness (QED) is 0.331. The topological polar surface area (TPSA) is 124 Å². The van der Waals surface area contributed by atoms with Gasteiger partial charge in [0.2, 0.25) is 0 Å². The van der Waals surface area contributed by atoms with Gasteiger partial charge in [-0.2, -0.15) is 10.2 Å². The van der Waals surface area contributed by atoms with Crippen LogP contribution in [0.25, 0.3) is 16.7 Å². The summed E-state index contributed by atoms with van der Waals surface area (Å²) >= 11 is 5.79. The lowest BCUT2D eigenvalue weighted by molar-refractivity contribution is 0.101. The summed E-state index contributed by atoms with van der Waals surface area (Å²) in [5.41, 5.74) is 2.04. The number of benzene rings is 2. The second-order valence-electron chi connectivity index (χ2n) is 8.16. The molecule has 2 N–H and O–H groups in total. The Morgan fingerprint density at radius 2 is 1.89 bits per heavy atom. The van der Waals surface area contributed by atoms with Gasteiger partial charge in [0.15, 0.2) is 5.82 Å². The fourth-order valence-electron chi connectivity index (χ4n) is 3.79. The molecule has 3 aromatic heterocycles. The maximum atomic E-state index is 13.4. The molecule has 0 spiro atoms. The number of halogens is 2. The van der Waals surface area contributed by atoms with Gasteiger partial charge < -0.3 is 5.32 Å².